The number of nitrogens with zero attached hydrogens (tertiary/aromatic N) is 2. The van der Waals surface area contributed by atoms with Crippen molar-refractivity contribution >= 4 is 38.3 Å². The van der Waals surface area contributed by atoms with Crippen LogP contribution in [0.4, 0.5) is 10.8 Å². The number of aromatic nitrogens is 1. The second-order valence-corrected chi connectivity index (χ2v) is 4.85. The number of nitrogens with one attached hydrogen (secondary N) is 1. The van der Waals surface area contributed by atoms with Crippen LogP contribution in [0.3, 0.4) is 0 Å². The standard InChI is InChI=1S/C11H14N4OS/c1-15(2)7-3-4-9-8(5-7)13-11(17-9)14-10(16)6-12/h3-5H,6,12H2,1-2H3,(H,13,14,16). The Morgan fingerprint density at radius 1 is 1.53 bits per heavy atom. The molecule has 1 aromatic heterocycles. The maximum absolute atomic E-state index is 11.2. The predicted molar refractivity (Wildman–Crippen MR) is 71.6 cm³/mol. The molecule has 90 valence electrons. The van der Waals surface area contributed by atoms with Crippen molar-refractivity contribution in [2.45, 2.75) is 0 Å². The molecule has 0 atom stereocenters. The van der Waals surface area contributed by atoms with Gasteiger partial charge in [-0.05, 0) is 18.2 Å². The van der Waals surface area contributed by atoms with E-state index in [2.05, 4.69) is 10.3 Å². The van der Waals surface area contributed by atoms with E-state index in [4.69, 9.17) is 5.73 Å². The number of carbonyl (C=O) groups excluding carboxylic acids is 1. The summed E-state index contributed by atoms with van der Waals surface area (Å²) >= 11 is 1.44. The highest BCUT2D eigenvalue weighted by atomic mass is 32.1. The van der Waals surface area contributed by atoms with Crippen molar-refractivity contribution in [3.8, 4) is 0 Å². The molecular formula is C11H14N4OS. The first-order valence-electron chi connectivity index (χ1n) is 5.18. The zero-order valence-corrected chi connectivity index (χ0v) is 10.5. The van der Waals surface area contributed by atoms with Crippen molar-refractivity contribution in [3.63, 3.8) is 0 Å². The molecule has 0 saturated carbocycles. The van der Waals surface area contributed by atoms with Crippen LogP contribution in [-0.4, -0.2) is 31.5 Å². The maximum Gasteiger partial charge on any atom is 0.239 e. The van der Waals surface area contributed by atoms with E-state index in [0.29, 0.717) is 5.13 Å². The van der Waals surface area contributed by atoms with Crippen molar-refractivity contribution < 1.29 is 4.79 Å². The Morgan fingerprint density at radius 2 is 2.29 bits per heavy atom. The quantitative estimate of drug-likeness (QED) is 0.860. The number of anilines is 2. The molecule has 1 heterocycles. The number of amides is 1. The highest BCUT2D eigenvalue weighted by Gasteiger charge is 2.07. The number of rotatable bonds is 3. The Balaban J connectivity index is 2.33. The Labute approximate surface area is 103 Å². The number of nitrogens with two attached hydrogens (primary N) is 1. The van der Waals surface area contributed by atoms with Gasteiger partial charge in [-0.25, -0.2) is 4.98 Å². The second-order valence-electron chi connectivity index (χ2n) is 3.82. The van der Waals surface area contributed by atoms with Gasteiger partial charge in [0.25, 0.3) is 0 Å². The van der Waals surface area contributed by atoms with E-state index in [-0.39, 0.29) is 12.5 Å². The molecule has 5 nitrogen and oxygen atoms in total. The minimum Gasteiger partial charge on any atom is -0.378 e. The fourth-order valence-electron chi connectivity index (χ4n) is 1.42. The van der Waals surface area contributed by atoms with Crippen LogP contribution in [0.15, 0.2) is 18.2 Å². The molecular weight excluding hydrogens is 236 g/mol. The average Bonchev–Trinajstić information content (AvgIpc) is 2.69. The SMILES string of the molecule is CN(C)c1ccc2sc(NC(=O)CN)nc2c1. The molecule has 0 fully saturated rings. The van der Waals surface area contributed by atoms with Crippen molar-refractivity contribution in [2.24, 2.45) is 5.73 Å². The van der Waals surface area contributed by atoms with Crippen LogP contribution in [0, 0.1) is 0 Å². The molecule has 17 heavy (non-hydrogen) atoms. The number of benzene rings is 1. The first-order chi connectivity index (χ1) is 8.10. The van der Waals surface area contributed by atoms with Crippen LogP contribution in [0.1, 0.15) is 0 Å². The normalized spacial score (nSPS) is 10.5. The van der Waals surface area contributed by atoms with Gasteiger partial charge in [-0.2, -0.15) is 0 Å². The number of carbonyl (C=O) groups is 1. The fourth-order valence-corrected chi connectivity index (χ4v) is 2.28. The molecule has 1 amide bonds. The summed E-state index contributed by atoms with van der Waals surface area (Å²) in [6.07, 6.45) is 0. The van der Waals surface area contributed by atoms with Crippen molar-refractivity contribution in [2.75, 3.05) is 30.9 Å². The second kappa shape index (κ2) is 4.68. The third-order valence-electron chi connectivity index (χ3n) is 2.32. The van der Waals surface area contributed by atoms with E-state index >= 15 is 0 Å². The predicted octanol–water partition coefficient (Wildman–Crippen LogP) is 1.26. The minimum absolute atomic E-state index is 0.0289. The highest BCUT2D eigenvalue weighted by molar-refractivity contribution is 7.22. The summed E-state index contributed by atoms with van der Waals surface area (Å²) < 4.78 is 1.04. The zero-order chi connectivity index (χ0) is 12.4. The van der Waals surface area contributed by atoms with Gasteiger partial charge in [-0.15, -0.1) is 0 Å². The number of hydrogen-bond acceptors (Lipinski definition) is 5. The molecule has 0 radical (unpaired) electrons. The molecule has 0 aliphatic heterocycles. The third kappa shape index (κ3) is 2.54. The van der Waals surface area contributed by atoms with Crippen LogP contribution in [0.2, 0.25) is 0 Å². The fraction of sp³-hybridized carbons (Fsp3) is 0.273. The van der Waals surface area contributed by atoms with E-state index in [1.165, 1.54) is 11.3 Å². The lowest BCUT2D eigenvalue weighted by Gasteiger charge is -2.11. The van der Waals surface area contributed by atoms with Crippen LogP contribution < -0.4 is 16.0 Å². The van der Waals surface area contributed by atoms with Crippen molar-refractivity contribution in [1.82, 2.24) is 4.98 Å². The summed E-state index contributed by atoms with van der Waals surface area (Å²) in [6, 6.07) is 6.01. The summed E-state index contributed by atoms with van der Waals surface area (Å²) in [5, 5.41) is 3.25. The summed E-state index contributed by atoms with van der Waals surface area (Å²) in [5.74, 6) is -0.225. The zero-order valence-electron chi connectivity index (χ0n) is 9.73. The lowest BCUT2D eigenvalue weighted by Crippen LogP contribution is -2.21. The van der Waals surface area contributed by atoms with Crippen molar-refractivity contribution in [3.05, 3.63) is 18.2 Å². The molecule has 2 rings (SSSR count). The van der Waals surface area contributed by atoms with Gasteiger partial charge in [-0.3, -0.25) is 4.79 Å². The van der Waals surface area contributed by atoms with E-state index in [1.54, 1.807) is 0 Å². The van der Waals surface area contributed by atoms with E-state index in [1.807, 2.05) is 37.2 Å². The Bertz CT molecular complexity index is 549. The van der Waals surface area contributed by atoms with Crippen LogP contribution in [0.5, 0.6) is 0 Å². The summed E-state index contributed by atoms with van der Waals surface area (Å²) in [4.78, 5) is 17.5. The Kier molecular flexibility index (Phi) is 3.26. The minimum atomic E-state index is -0.225. The van der Waals surface area contributed by atoms with Gasteiger partial charge in [0.1, 0.15) is 0 Å². The molecule has 3 N–H and O–H groups in total. The summed E-state index contributed by atoms with van der Waals surface area (Å²) in [6.45, 7) is -0.0289. The molecule has 0 saturated heterocycles. The van der Waals surface area contributed by atoms with E-state index < -0.39 is 0 Å². The smallest absolute Gasteiger partial charge is 0.239 e. The van der Waals surface area contributed by atoms with Gasteiger partial charge < -0.3 is 16.0 Å². The first-order valence-corrected chi connectivity index (χ1v) is 5.99. The van der Waals surface area contributed by atoms with Crippen LogP contribution in [0.25, 0.3) is 10.2 Å². The highest BCUT2D eigenvalue weighted by Crippen LogP contribution is 2.28. The van der Waals surface area contributed by atoms with Gasteiger partial charge >= 0.3 is 0 Å². The van der Waals surface area contributed by atoms with Crippen LogP contribution in [-0.2, 0) is 4.79 Å². The summed E-state index contributed by atoms with van der Waals surface area (Å²) in [5.41, 5.74) is 7.20. The van der Waals surface area contributed by atoms with E-state index in [0.717, 1.165) is 15.9 Å². The maximum atomic E-state index is 11.2. The lowest BCUT2D eigenvalue weighted by atomic mass is 10.3. The Hall–Kier alpha value is -1.66. The molecule has 0 aliphatic rings. The number of fused-ring (bicyclic) bond motifs is 1. The van der Waals surface area contributed by atoms with Crippen LogP contribution >= 0.6 is 11.3 Å². The molecule has 6 heteroatoms. The van der Waals surface area contributed by atoms with Gasteiger partial charge in [-0.1, -0.05) is 11.3 Å². The topological polar surface area (TPSA) is 71.2 Å². The van der Waals surface area contributed by atoms with Gasteiger partial charge in [0, 0.05) is 19.8 Å². The summed E-state index contributed by atoms with van der Waals surface area (Å²) in [7, 11) is 3.95. The Morgan fingerprint density at radius 3 is 2.94 bits per heavy atom. The molecule has 0 spiro atoms. The average molecular weight is 250 g/mol. The van der Waals surface area contributed by atoms with Crippen molar-refractivity contribution in [1.29, 1.82) is 0 Å². The van der Waals surface area contributed by atoms with Gasteiger partial charge in [0.2, 0.25) is 5.91 Å². The largest absolute Gasteiger partial charge is 0.378 e. The molecule has 2 aromatic rings. The number of thiazole rings is 1. The molecule has 0 aliphatic carbocycles. The molecule has 1 aromatic carbocycles. The lowest BCUT2D eigenvalue weighted by molar-refractivity contribution is -0.114. The van der Waals surface area contributed by atoms with Gasteiger partial charge in [0.05, 0.1) is 16.8 Å². The third-order valence-corrected chi connectivity index (χ3v) is 3.27. The van der Waals surface area contributed by atoms with E-state index in [9.17, 15) is 4.79 Å². The number of hydrogen-bond donors (Lipinski definition) is 2. The monoisotopic (exact) mass is 250 g/mol. The van der Waals surface area contributed by atoms with Gasteiger partial charge in [0.15, 0.2) is 5.13 Å². The molecule has 0 unspecified atom stereocenters. The molecule has 0 bridgehead atoms. The first kappa shape index (κ1) is 11.8.